The summed E-state index contributed by atoms with van der Waals surface area (Å²) >= 11 is 0. The van der Waals surface area contributed by atoms with E-state index in [1.165, 1.54) is 11.1 Å². The Morgan fingerprint density at radius 1 is 1.35 bits per heavy atom. The van der Waals surface area contributed by atoms with Crippen LogP contribution in [0.2, 0.25) is 0 Å². The third-order valence-corrected chi connectivity index (χ3v) is 4.09. The number of aromatic nitrogens is 3. The Kier molecular flexibility index (Phi) is 4.93. The second-order valence-corrected chi connectivity index (χ2v) is 6.29. The lowest BCUT2D eigenvalue weighted by atomic mass is 10.1. The van der Waals surface area contributed by atoms with E-state index in [-0.39, 0.29) is 6.61 Å². The van der Waals surface area contributed by atoms with E-state index in [0.29, 0.717) is 12.6 Å². The van der Waals surface area contributed by atoms with Gasteiger partial charge in [0.05, 0.1) is 6.54 Å². The number of rotatable bonds is 6. The molecule has 2 aromatic rings. The number of benzene rings is 1. The second kappa shape index (κ2) is 7.10. The number of fused-ring (bicyclic) bond motifs is 1. The summed E-state index contributed by atoms with van der Waals surface area (Å²) < 4.78 is 7.63. The van der Waals surface area contributed by atoms with Crippen molar-refractivity contribution in [1.82, 2.24) is 20.1 Å². The Hall–Kier alpha value is -1.92. The first-order valence-electron chi connectivity index (χ1n) is 8.09. The summed E-state index contributed by atoms with van der Waals surface area (Å²) in [4.78, 5) is 4.22. The van der Waals surface area contributed by atoms with Gasteiger partial charge in [-0.2, -0.15) is 5.10 Å². The average Bonchev–Trinajstić information content (AvgIpc) is 2.97. The molecule has 0 amide bonds. The van der Waals surface area contributed by atoms with Gasteiger partial charge in [-0.1, -0.05) is 6.07 Å². The molecule has 0 radical (unpaired) electrons. The molecule has 0 aliphatic carbocycles. The van der Waals surface area contributed by atoms with Crippen molar-refractivity contribution in [2.45, 2.75) is 45.4 Å². The normalized spacial score (nSPS) is 18.5. The highest BCUT2D eigenvalue weighted by Crippen LogP contribution is 2.16. The van der Waals surface area contributed by atoms with Crippen molar-refractivity contribution in [3.05, 3.63) is 41.5 Å². The third-order valence-electron chi connectivity index (χ3n) is 4.09. The van der Waals surface area contributed by atoms with E-state index >= 15 is 0 Å². The van der Waals surface area contributed by atoms with Crippen LogP contribution in [0.5, 0.6) is 5.75 Å². The van der Waals surface area contributed by atoms with Crippen LogP contribution in [-0.2, 0) is 13.0 Å². The smallest absolute Gasteiger partial charge is 0.138 e. The van der Waals surface area contributed by atoms with Gasteiger partial charge in [-0.25, -0.2) is 9.67 Å². The van der Waals surface area contributed by atoms with E-state index in [2.05, 4.69) is 21.5 Å². The molecule has 1 aliphatic heterocycles. The SMILES string of the molecule is Cc1cc(C)cc(OC[C@@H](O)CN[C@@H]2CCc3ncnn3C2)c1. The Bertz CT molecular complexity index is 636. The van der Waals surface area contributed by atoms with Crippen LogP contribution in [0.4, 0.5) is 0 Å². The van der Waals surface area contributed by atoms with Crippen molar-refractivity contribution in [2.75, 3.05) is 13.2 Å². The van der Waals surface area contributed by atoms with Gasteiger partial charge in [-0.05, 0) is 43.5 Å². The van der Waals surface area contributed by atoms with Gasteiger partial charge in [0.25, 0.3) is 0 Å². The Morgan fingerprint density at radius 3 is 2.91 bits per heavy atom. The van der Waals surface area contributed by atoms with Crippen molar-refractivity contribution < 1.29 is 9.84 Å². The molecule has 3 rings (SSSR count). The lowest BCUT2D eigenvalue weighted by Gasteiger charge is -2.25. The fourth-order valence-electron chi connectivity index (χ4n) is 2.97. The molecular formula is C17H24N4O2. The van der Waals surface area contributed by atoms with Crippen molar-refractivity contribution in [3.63, 3.8) is 0 Å². The highest BCUT2D eigenvalue weighted by molar-refractivity contribution is 5.32. The molecule has 6 nitrogen and oxygen atoms in total. The number of hydrogen-bond donors (Lipinski definition) is 2. The Balaban J connectivity index is 1.42. The first-order chi connectivity index (χ1) is 11.1. The topological polar surface area (TPSA) is 72.2 Å². The number of hydrogen-bond acceptors (Lipinski definition) is 5. The second-order valence-electron chi connectivity index (χ2n) is 6.29. The largest absolute Gasteiger partial charge is 0.491 e. The van der Waals surface area contributed by atoms with Crippen LogP contribution in [0, 0.1) is 13.8 Å². The Morgan fingerprint density at radius 2 is 2.13 bits per heavy atom. The van der Waals surface area contributed by atoms with Crippen LogP contribution < -0.4 is 10.1 Å². The van der Waals surface area contributed by atoms with Gasteiger partial charge in [0.1, 0.15) is 30.6 Å². The number of aliphatic hydroxyl groups excluding tert-OH is 1. The molecule has 2 atom stereocenters. The zero-order chi connectivity index (χ0) is 16.2. The lowest BCUT2D eigenvalue weighted by molar-refractivity contribution is 0.101. The molecule has 0 spiro atoms. The van der Waals surface area contributed by atoms with Gasteiger partial charge in [0, 0.05) is 19.0 Å². The van der Waals surface area contributed by atoms with Gasteiger partial charge in [0.15, 0.2) is 0 Å². The van der Waals surface area contributed by atoms with Crippen molar-refractivity contribution in [2.24, 2.45) is 0 Å². The first-order valence-corrected chi connectivity index (χ1v) is 8.09. The van der Waals surface area contributed by atoms with Crippen molar-refractivity contribution in [3.8, 4) is 5.75 Å². The van der Waals surface area contributed by atoms with E-state index in [1.807, 2.05) is 30.7 Å². The van der Waals surface area contributed by atoms with Crippen LogP contribution in [0.3, 0.4) is 0 Å². The number of ether oxygens (including phenoxy) is 1. The molecule has 2 N–H and O–H groups in total. The predicted octanol–water partition coefficient (Wildman–Crippen LogP) is 1.24. The van der Waals surface area contributed by atoms with E-state index < -0.39 is 6.10 Å². The molecule has 6 heteroatoms. The summed E-state index contributed by atoms with van der Waals surface area (Å²) in [7, 11) is 0. The molecule has 0 unspecified atom stereocenters. The highest BCUT2D eigenvalue weighted by Gasteiger charge is 2.20. The molecular weight excluding hydrogens is 292 g/mol. The number of aliphatic hydroxyl groups is 1. The fraction of sp³-hybridized carbons (Fsp3) is 0.529. The minimum absolute atomic E-state index is 0.289. The summed E-state index contributed by atoms with van der Waals surface area (Å²) in [5, 5.41) is 17.7. The molecule has 1 aromatic carbocycles. The van der Waals surface area contributed by atoms with Crippen molar-refractivity contribution in [1.29, 1.82) is 0 Å². The third kappa shape index (κ3) is 4.30. The number of nitrogens with one attached hydrogen (secondary N) is 1. The number of nitrogens with zero attached hydrogens (tertiary/aromatic N) is 3. The summed E-state index contributed by atoms with van der Waals surface area (Å²) in [5.74, 6) is 1.85. The van der Waals surface area contributed by atoms with E-state index in [4.69, 9.17) is 4.74 Å². The average molecular weight is 316 g/mol. The first kappa shape index (κ1) is 16.0. The zero-order valence-electron chi connectivity index (χ0n) is 13.7. The highest BCUT2D eigenvalue weighted by atomic mass is 16.5. The standard InChI is InChI=1S/C17H24N4O2/c1-12-5-13(2)7-16(6-12)23-10-15(22)8-18-14-3-4-17-19-11-20-21(17)9-14/h5-7,11,14-15,18,22H,3-4,8-10H2,1-2H3/t14-,15+/m1/s1. The van der Waals surface area contributed by atoms with Gasteiger partial charge >= 0.3 is 0 Å². The van der Waals surface area contributed by atoms with Crippen molar-refractivity contribution >= 4 is 0 Å². The number of aryl methyl sites for hydroxylation is 3. The van der Waals surface area contributed by atoms with E-state index in [1.54, 1.807) is 6.33 Å². The summed E-state index contributed by atoms with van der Waals surface area (Å²) in [6.07, 6.45) is 3.01. The summed E-state index contributed by atoms with van der Waals surface area (Å²) in [6.45, 7) is 5.69. The maximum atomic E-state index is 10.1. The minimum atomic E-state index is -0.534. The molecule has 0 saturated carbocycles. The maximum Gasteiger partial charge on any atom is 0.138 e. The van der Waals surface area contributed by atoms with Crippen LogP contribution in [0.15, 0.2) is 24.5 Å². The van der Waals surface area contributed by atoms with Gasteiger partial charge in [-0.3, -0.25) is 0 Å². The van der Waals surface area contributed by atoms with Gasteiger partial charge in [0.2, 0.25) is 0 Å². The fourth-order valence-corrected chi connectivity index (χ4v) is 2.97. The predicted molar refractivity (Wildman–Crippen MR) is 87.6 cm³/mol. The summed E-state index contributed by atoms with van der Waals surface area (Å²) in [6, 6.07) is 6.40. The van der Waals surface area contributed by atoms with Crippen LogP contribution >= 0.6 is 0 Å². The zero-order valence-corrected chi connectivity index (χ0v) is 13.7. The Labute approximate surface area is 136 Å². The maximum absolute atomic E-state index is 10.1. The molecule has 0 fully saturated rings. The quantitative estimate of drug-likeness (QED) is 0.839. The van der Waals surface area contributed by atoms with Gasteiger partial charge in [-0.15, -0.1) is 0 Å². The monoisotopic (exact) mass is 316 g/mol. The molecule has 2 heterocycles. The van der Waals surface area contributed by atoms with Crippen LogP contribution in [-0.4, -0.2) is 45.2 Å². The molecule has 0 bridgehead atoms. The van der Waals surface area contributed by atoms with Gasteiger partial charge < -0.3 is 15.2 Å². The van der Waals surface area contributed by atoms with E-state index in [0.717, 1.165) is 31.0 Å². The molecule has 1 aliphatic rings. The minimum Gasteiger partial charge on any atom is -0.491 e. The lowest BCUT2D eigenvalue weighted by Crippen LogP contribution is -2.42. The molecule has 0 saturated heterocycles. The van der Waals surface area contributed by atoms with Crippen LogP contribution in [0.25, 0.3) is 0 Å². The summed E-state index contributed by atoms with van der Waals surface area (Å²) in [5.41, 5.74) is 2.33. The molecule has 23 heavy (non-hydrogen) atoms. The van der Waals surface area contributed by atoms with Crippen LogP contribution in [0.1, 0.15) is 23.4 Å². The molecule has 1 aromatic heterocycles. The van der Waals surface area contributed by atoms with E-state index in [9.17, 15) is 5.11 Å². The molecule has 124 valence electrons.